The predicted molar refractivity (Wildman–Crippen MR) is 87.3 cm³/mol. The van der Waals surface area contributed by atoms with Crippen LogP contribution in [0.3, 0.4) is 0 Å². The van der Waals surface area contributed by atoms with Crippen molar-refractivity contribution in [2.75, 3.05) is 5.32 Å². The fourth-order valence-electron chi connectivity index (χ4n) is 2.72. The quantitative estimate of drug-likeness (QED) is 0.891. The molecule has 1 aromatic carbocycles. The molecule has 3 rings (SSSR count). The molecule has 2 aromatic rings. The number of hydrogen-bond donors (Lipinski definition) is 2. The van der Waals surface area contributed by atoms with Gasteiger partial charge in [-0.05, 0) is 55.7 Å². The first-order valence-electron chi connectivity index (χ1n) is 7.88. The van der Waals surface area contributed by atoms with Crippen molar-refractivity contribution in [2.45, 2.75) is 38.6 Å². The Morgan fingerprint density at radius 1 is 1.35 bits per heavy atom. The summed E-state index contributed by atoms with van der Waals surface area (Å²) in [5, 5.41) is 5.83. The smallest absolute Gasteiger partial charge is 0.251 e. The molecule has 0 saturated heterocycles. The van der Waals surface area contributed by atoms with Gasteiger partial charge in [0.15, 0.2) is 0 Å². The minimum Gasteiger partial charge on any atom is -0.469 e. The number of carbonyl (C=O) groups is 2. The Morgan fingerprint density at radius 2 is 2.22 bits per heavy atom. The first kappa shape index (κ1) is 15.3. The van der Waals surface area contributed by atoms with Crippen LogP contribution in [0.25, 0.3) is 0 Å². The third-order valence-corrected chi connectivity index (χ3v) is 4.04. The number of fused-ring (bicyclic) bond motifs is 1. The predicted octanol–water partition coefficient (Wildman–Crippen LogP) is 2.92. The largest absolute Gasteiger partial charge is 0.469 e. The number of rotatable bonds is 5. The number of hydrogen-bond acceptors (Lipinski definition) is 3. The number of nitrogens with one attached hydrogen (secondary N) is 2. The summed E-state index contributed by atoms with van der Waals surface area (Å²) in [4.78, 5) is 23.7. The lowest BCUT2D eigenvalue weighted by atomic mass is 10.00. The molecule has 1 atom stereocenters. The number of aryl methyl sites for hydroxylation is 2. The van der Waals surface area contributed by atoms with Crippen LogP contribution in [0.5, 0.6) is 0 Å². The molecule has 0 saturated carbocycles. The third kappa shape index (κ3) is 3.80. The standard InChI is InChI=1S/C18H20N2O3/c1-12(4-7-15-3-2-10-23-15)19-18(22)14-5-8-16-13(11-14)6-9-17(21)20-16/h2-3,5,8,10-12H,4,6-7,9H2,1H3,(H,19,22)(H,20,21). The molecule has 0 spiro atoms. The van der Waals surface area contributed by atoms with Gasteiger partial charge < -0.3 is 15.1 Å². The zero-order valence-corrected chi connectivity index (χ0v) is 13.1. The van der Waals surface area contributed by atoms with Crippen LogP contribution in [0.15, 0.2) is 41.0 Å². The average Bonchev–Trinajstić information content (AvgIpc) is 3.05. The number of anilines is 1. The molecule has 0 radical (unpaired) electrons. The van der Waals surface area contributed by atoms with Crippen LogP contribution in [0.1, 0.15) is 41.4 Å². The molecule has 1 aromatic heterocycles. The molecule has 0 bridgehead atoms. The molecule has 120 valence electrons. The SMILES string of the molecule is CC(CCc1ccco1)NC(=O)c1ccc2c(c1)CCC(=O)N2. The van der Waals surface area contributed by atoms with E-state index < -0.39 is 0 Å². The van der Waals surface area contributed by atoms with E-state index in [2.05, 4.69) is 10.6 Å². The minimum absolute atomic E-state index is 0.0289. The van der Waals surface area contributed by atoms with Gasteiger partial charge in [-0.15, -0.1) is 0 Å². The molecular formula is C18H20N2O3. The Bertz CT molecular complexity index is 707. The second kappa shape index (κ2) is 6.69. The third-order valence-electron chi connectivity index (χ3n) is 4.04. The van der Waals surface area contributed by atoms with E-state index in [-0.39, 0.29) is 17.9 Å². The van der Waals surface area contributed by atoms with E-state index in [1.807, 2.05) is 25.1 Å². The van der Waals surface area contributed by atoms with Crippen molar-refractivity contribution >= 4 is 17.5 Å². The minimum atomic E-state index is -0.0864. The second-order valence-corrected chi connectivity index (χ2v) is 5.91. The highest BCUT2D eigenvalue weighted by Crippen LogP contribution is 2.23. The van der Waals surface area contributed by atoms with Crippen molar-refractivity contribution < 1.29 is 14.0 Å². The fourth-order valence-corrected chi connectivity index (χ4v) is 2.72. The van der Waals surface area contributed by atoms with Crippen molar-refractivity contribution in [1.29, 1.82) is 0 Å². The molecule has 0 fully saturated rings. The van der Waals surface area contributed by atoms with E-state index in [1.54, 1.807) is 18.4 Å². The Labute approximate surface area is 135 Å². The van der Waals surface area contributed by atoms with E-state index in [0.717, 1.165) is 29.9 Å². The van der Waals surface area contributed by atoms with Gasteiger partial charge in [0.05, 0.1) is 6.26 Å². The van der Waals surface area contributed by atoms with Crippen LogP contribution in [-0.2, 0) is 17.6 Å². The Morgan fingerprint density at radius 3 is 3.00 bits per heavy atom. The molecule has 2 heterocycles. The summed E-state index contributed by atoms with van der Waals surface area (Å²) in [7, 11) is 0. The van der Waals surface area contributed by atoms with Gasteiger partial charge >= 0.3 is 0 Å². The summed E-state index contributed by atoms with van der Waals surface area (Å²) >= 11 is 0. The number of benzene rings is 1. The van der Waals surface area contributed by atoms with Crippen LogP contribution in [0.2, 0.25) is 0 Å². The number of amides is 2. The van der Waals surface area contributed by atoms with E-state index in [9.17, 15) is 9.59 Å². The van der Waals surface area contributed by atoms with Gasteiger partial charge in [0.1, 0.15) is 5.76 Å². The molecule has 5 nitrogen and oxygen atoms in total. The molecule has 23 heavy (non-hydrogen) atoms. The summed E-state index contributed by atoms with van der Waals surface area (Å²) in [5.41, 5.74) is 2.45. The molecule has 1 unspecified atom stereocenters. The van der Waals surface area contributed by atoms with Gasteiger partial charge in [-0.1, -0.05) is 0 Å². The summed E-state index contributed by atoms with van der Waals surface area (Å²) < 4.78 is 5.30. The van der Waals surface area contributed by atoms with Crippen molar-refractivity contribution in [3.05, 3.63) is 53.5 Å². The highest BCUT2D eigenvalue weighted by molar-refractivity contribution is 5.98. The van der Waals surface area contributed by atoms with E-state index >= 15 is 0 Å². The lowest BCUT2D eigenvalue weighted by Crippen LogP contribution is -2.33. The zero-order valence-electron chi connectivity index (χ0n) is 13.1. The van der Waals surface area contributed by atoms with Gasteiger partial charge in [0.2, 0.25) is 5.91 Å². The zero-order chi connectivity index (χ0) is 16.2. The lowest BCUT2D eigenvalue weighted by molar-refractivity contribution is -0.116. The summed E-state index contributed by atoms with van der Waals surface area (Å²) in [5.74, 6) is 0.869. The first-order valence-corrected chi connectivity index (χ1v) is 7.88. The highest BCUT2D eigenvalue weighted by Gasteiger charge is 2.17. The van der Waals surface area contributed by atoms with Crippen molar-refractivity contribution in [1.82, 2.24) is 5.32 Å². The van der Waals surface area contributed by atoms with Gasteiger partial charge in [-0.2, -0.15) is 0 Å². The molecule has 2 amide bonds. The summed E-state index contributed by atoms with van der Waals surface area (Å²) in [6, 6.07) is 9.27. The molecule has 0 aliphatic carbocycles. The topological polar surface area (TPSA) is 71.3 Å². The molecule has 2 N–H and O–H groups in total. The number of furan rings is 1. The van der Waals surface area contributed by atoms with Crippen molar-refractivity contribution in [3.63, 3.8) is 0 Å². The van der Waals surface area contributed by atoms with Gasteiger partial charge in [-0.25, -0.2) is 0 Å². The Hall–Kier alpha value is -2.56. The monoisotopic (exact) mass is 312 g/mol. The highest BCUT2D eigenvalue weighted by atomic mass is 16.3. The Balaban J connectivity index is 1.58. The fraction of sp³-hybridized carbons (Fsp3) is 0.333. The van der Waals surface area contributed by atoms with Gasteiger partial charge in [0, 0.05) is 30.1 Å². The van der Waals surface area contributed by atoms with Crippen LogP contribution < -0.4 is 10.6 Å². The van der Waals surface area contributed by atoms with Crippen LogP contribution in [0.4, 0.5) is 5.69 Å². The number of carbonyl (C=O) groups excluding carboxylic acids is 2. The maximum atomic E-state index is 12.3. The lowest BCUT2D eigenvalue weighted by Gasteiger charge is -2.18. The van der Waals surface area contributed by atoms with Crippen molar-refractivity contribution in [2.24, 2.45) is 0 Å². The van der Waals surface area contributed by atoms with Crippen LogP contribution in [-0.4, -0.2) is 17.9 Å². The molecule has 1 aliphatic heterocycles. The van der Waals surface area contributed by atoms with Gasteiger partial charge in [0.25, 0.3) is 5.91 Å². The van der Waals surface area contributed by atoms with E-state index in [4.69, 9.17) is 4.42 Å². The van der Waals surface area contributed by atoms with E-state index in [0.29, 0.717) is 18.4 Å². The van der Waals surface area contributed by atoms with Gasteiger partial charge in [-0.3, -0.25) is 9.59 Å². The summed E-state index contributed by atoms with van der Waals surface area (Å²) in [6.07, 6.45) is 4.42. The molecular weight excluding hydrogens is 292 g/mol. The van der Waals surface area contributed by atoms with Crippen LogP contribution in [0, 0.1) is 0 Å². The van der Waals surface area contributed by atoms with E-state index in [1.165, 1.54) is 0 Å². The average molecular weight is 312 g/mol. The van der Waals surface area contributed by atoms with Crippen LogP contribution >= 0.6 is 0 Å². The second-order valence-electron chi connectivity index (χ2n) is 5.91. The maximum absolute atomic E-state index is 12.3. The normalized spacial score (nSPS) is 14.7. The summed E-state index contributed by atoms with van der Waals surface area (Å²) in [6.45, 7) is 1.99. The molecule has 5 heteroatoms. The Kier molecular flexibility index (Phi) is 4.46. The maximum Gasteiger partial charge on any atom is 0.251 e. The van der Waals surface area contributed by atoms with Crippen molar-refractivity contribution in [3.8, 4) is 0 Å². The molecule has 1 aliphatic rings. The first-order chi connectivity index (χ1) is 11.1.